The summed E-state index contributed by atoms with van der Waals surface area (Å²) in [6.45, 7) is 1.93. The third-order valence-electron chi connectivity index (χ3n) is 3.34. The maximum Gasteiger partial charge on any atom is 0.271 e. The lowest BCUT2D eigenvalue weighted by Crippen LogP contribution is -2.27. The second kappa shape index (κ2) is 6.17. The first-order chi connectivity index (χ1) is 10.7. The van der Waals surface area contributed by atoms with Crippen LogP contribution in [0.15, 0.2) is 61.6 Å². The molecule has 1 N–H and O–H groups in total. The molecule has 1 aromatic carbocycles. The minimum absolute atomic E-state index is 0.119. The first-order valence-electron chi connectivity index (χ1n) is 6.89. The van der Waals surface area contributed by atoms with Gasteiger partial charge in [-0.1, -0.05) is 12.1 Å². The fourth-order valence-electron chi connectivity index (χ4n) is 2.12. The van der Waals surface area contributed by atoms with Gasteiger partial charge in [0.2, 0.25) is 0 Å². The van der Waals surface area contributed by atoms with Crippen LogP contribution in [0.25, 0.3) is 5.69 Å². The zero-order valence-electron chi connectivity index (χ0n) is 12.0. The molecule has 1 unspecified atom stereocenters. The number of carbonyl (C=O) groups is 1. The predicted molar refractivity (Wildman–Crippen MR) is 81.5 cm³/mol. The Balaban J connectivity index is 1.70. The van der Waals surface area contributed by atoms with Crippen LogP contribution in [0.5, 0.6) is 0 Å². The third-order valence-corrected chi connectivity index (χ3v) is 3.34. The van der Waals surface area contributed by atoms with Gasteiger partial charge < -0.3 is 9.88 Å². The topological polar surface area (TPSA) is 72.7 Å². The summed E-state index contributed by atoms with van der Waals surface area (Å²) in [5, 5.41) is 2.91. The van der Waals surface area contributed by atoms with Crippen molar-refractivity contribution in [3.8, 4) is 5.69 Å². The van der Waals surface area contributed by atoms with E-state index in [2.05, 4.69) is 20.3 Å². The van der Waals surface area contributed by atoms with E-state index in [1.807, 2.05) is 42.0 Å². The number of nitrogens with zero attached hydrogens (tertiary/aromatic N) is 4. The number of aromatic nitrogens is 4. The van der Waals surface area contributed by atoms with Crippen molar-refractivity contribution in [3.63, 3.8) is 0 Å². The van der Waals surface area contributed by atoms with Gasteiger partial charge in [0, 0.05) is 30.5 Å². The summed E-state index contributed by atoms with van der Waals surface area (Å²) in [5.74, 6) is -0.237. The Bertz CT molecular complexity index is 738. The zero-order chi connectivity index (χ0) is 15.4. The Hall–Kier alpha value is -3.02. The fourth-order valence-corrected chi connectivity index (χ4v) is 2.12. The van der Waals surface area contributed by atoms with Crippen LogP contribution in [0.3, 0.4) is 0 Å². The molecule has 0 aliphatic rings. The molecule has 2 heterocycles. The summed E-state index contributed by atoms with van der Waals surface area (Å²) in [7, 11) is 0. The molecule has 0 bridgehead atoms. The Morgan fingerprint density at radius 3 is 2.59 bits per heavy atom. The molecule has 0 saturated heterocycles. The van der Waals surface area contributed by atoms with Gasteiger partial charge in [-0.05, 0) is 24.6 Å². The van der Waals surface area contributed by atoms with Crippen molar-refractivity contribution in [2.45, 2.75) is 13.0 Å². The highest BCUT2D eigenvalue weighted by Crippen LogP contribution is 2.16. The minimum atomic E-state index is -0.237. The van der Waals surface area contributed by atoms with Gasteiger partial charge in [0.15, 0.2) is 0 Å². The quantitative estimate of drug-likeness (QED) is 0.800. The largest absolute Gasteiger partial charge is 0.344 e. The van der Waals surface area contributed by atoms with Crippen molar-refractivity contribution in [2.75, 3.05) is 0 Å². The van der Waals surface area contributed by atoms with Gasteiger partial charge in [-0.25, -0.2) is 9.97 Å². The van der Waals surface area contributed by atoms with E-state index in [0.717, 1.165) is 11.3 Å². The molecule has 1 atom stereocenters. The van der Waals surface area contributed by atoms with Gasteiger partial charge in [-0.3, -0.25) is 9.78 Å². The number of carbonyl (C=O) groups excluding carboxylic acids is 1. The maximum absolute atomic E-state index is 12.1. The normalized spacial score (nSPS) is 11.9. The van der Waals surface area contributed by atoms with Crippen molar-refractivity contribution < 1.29 is 4.79 Å². The Labute approximate surface area is 127 Å². The maximum atomic E-state index is 12.1. The first kappa shape index (κ1) is 13.9. The molecular formula is C16H15N5O. The highest BCUT2D eigenvalue weighted by molar-refractivity contribution is 5.92. The van der Waals surface area contributed by atoms with E-state index >= 15 is 0 Å². The van der Waals surface area contributed by atoms with Gasteiger partial charge in [-0.2, -0.15) is 0 Å². The summed E-state index contributed by atoms with van der Waals surface area (Å²) < 4.78 is 1.92. The highest BCUT2D eigenvalue weighted by Gasteiger charge is 2.12. The van der Waals surface area contributed by atoms with Crippen LogP contribution in [0.2, 0.25) is 0 Å². The van der Waals surface area contributed by atoms with Crippen LogP contribution in [0.4, 0.5) is 0 Å². The van der Waals surface area contributed by atoms with Crippen molar-refractivity contribution in [1.29, 1.82) is 0 Å². The highest BCUT2D eigenvalue weighted by atomic mass is 16.1. The Morgan fingerprint density at radius 1 is 1.14 bits per heavy atom. The summed E-state index contributed by atoms with van der Waals surface area (Å²) >= 11 is 0. The molecule has 6 nitrogen and oxygen atoms in total. The van der Waals surface area contributed by atoms with E-state index in [-0.39, 0.29) is 11.9 Å². The average molecular weight is 293 g/mol. The molecule has 6 heteroatoms. The van der Waals surface area contributed by atoms with Crippen LogP contribution in [-0.4, -0.2) is 25.4 Å². The molecule has 1 amide bonds. The van der Waals surface area contributed by atoms with E-state index in [4.69, 9.17) is 0 Å². The number of rotatable bonds is 4. The molecule has 110 valence electrons. The number of nitrogens with one attached hydrogen (secondary N) is 1. The van der Waals surface area contributed by atoms with E-state index in [1.165, 1.54) is 18.6 Å². The molecule has 22 heavy (non-hydrogen) atoms. The summed E-state index contributed by atoms with van der Waals surface area (Å²) in [5.41, 5.74) is 2.35. The third kappa shape index (κ3) is 3.01. The summed E-state index contributed by atoms with van der Waals surface area (Å²) in [4.78, 5) is 24.0. The molecule has 3 rings (SSSR count). The average Bonchev–Trinajstić information content (AvgIpc) is 3.10. The summed E-state index contributed by atoms with van der Waals surface area (Å²) in [6.07, 6.45) is 9.85. The fraction of sp³-hybridized carbons (Fsp3) is 0.125. The van der Waals surface area contributed by atoms with Gasteiger partial charge >= 0.3 is 0 Å². The monoisotopic (exact) mass is 293 g/mol. The minimum Gasteiger partial charge on any atom is -0.344 e. The molecule has 0 radical (unpaired) electrons. The van der Waals surface area contributed by atoms with Gasteiger partial charge in [0.05, 0.1) is 18.6 Å². The second-order valence-corrected chi connectivity index (χ2v) is 4.85. The predicted octanol–water partition coefficient (Wildman–Crippen LogP) is 2.15. The van der Waals surface area contributed by atoms with Gasteiger partial charge in [0.25, 0.3) is 5.91 Å². The second-order valence-electron chi connectivity index (χ2n) is 4.85. The standard InChI is InChI=1S/C16H15N5O/c1-12(20-16(22)15-10-17-6-7-19-15)13-2-4-14(5-3-13)21-9-8-18-11-21/h2-12H,1H3,(H,20,22). The lowest BCUT2D eigenvalue weighted by molar-refractivity contribution is 0.0934. The molecule has 3 aromatic rings. The molecule has 0 aliphatic heterocycles. The van der Waals surface area contributed by atoms with Crippen LogP contribution < -0.4 is 5.32 Å². The number of benzene rings is 1. The van der Waals surface area contributed by atoms with Crippen molar-refractivity contribution in [2.24, 2.45) is 0 Å². The smallest absolute Gasteiger partial charge is 0.271 e. The first-order valence-corrected chi connectivity index (χ1v) is 6.89. The van der Waals surface area contributed by atoms with Crippen LogP contribution in [-0.2, 0) is 0 Å². The van der Waals surface area contributed by atoms with Gasteiger partial charge in [-0.15, -0.1) is 0 Å². The van der Waals surface area contributed by atoms with E-state index < -0.39 is 0 Å². The number of imidazole rings is 1. The van der Waals surface area contributed by atoms with Gasteiger partial charge in [0.1, 0.15) is 5.69 Å². The van der Waals surface area contributed by atoms with Crippen LogP contribution in [0.1, 0.15) is 29.0 Å². The van der Waals surface area contributed by atoms with E-state index in [1.54, 1.807) is 12.5 Å². The number of amides is 1. The van der Waals surface area contributed by atoms with E-state index in [9.17, 15) is 4.79 Å². The molecule has 0 spiro atoms. The number of hydrogen-bond donors (Lipinski definition) is 1. The lowest BCUT2D eigenvalue weighted by Gasteiger charge is -2.14. The van der Waals surface area contributed by atoms with Crippen molar-refractivity contribution in [1.82, 2.24) is 24.8 Å². The Kier molecular flexibility index (Phi) is 3.91. The van der Waals surface area contributed by atoms with Crippen molar-refractivity contribution in [3.05, 3.63) is 72.8 Å². The molecule has 0 aliphatic carbocycles. The molecule has 0 saturated carbocycles. The van der Waals surface area contributed by atoms with E-state index in [0.29, 0.717) is 5.69 Å². The van der Waals surface area contributed by atoms with Crippen LogP contribution >= 0.6 is 0 Å². The molecule has 0 fully saturated rings. The molecule has 2 aromatic heterocycles. The number of hydrogen-bond acceptors (Lipinski definition) is 4. The SMILES string of the molecule is CC(NC(=O)c1cnccn1)c1ccc(-n2ccnc2)cc1. The lowest BCUT2D eigenvalue weighted by atomic mass is 10.1. The zero-order valence-corrected chi connectivity index (χ0v) is 12.0. The summed E-state index contributed by atoms with van der Waals surface area (Å²) in [6, 6.07) is 7.82. The van der Waals surface area contributed by atoms with Crippen LogP contribution in [0, 0.1) is 0 Å². The van der Waals surface area contributed by atoms with Crippen molar-refractivity contribution >= 4 is 5.91 Å². The molecular weight excluding hydrogens is 278 g/mol. The Morgan fingerprint density at radius 2 is 1.95 bits per heavy atom.